The van der Waals surface area contributed by atoms with Gasteiger partial charge in [-0.3, -0.25) is 9.59 Å². The maximum atomic E-state index is 12.5. The molecule has 1 aromatic rings. The molecule has 0 unspecified atom stereocenters. The smallest absolute Gasteiger partial charge is 0.321 e. The number of nitrogens with one attached hydrogen (secondary N) is 1. The molecule has 25 heavy (non-hydrogen) atoms. The lowest BCUT2D eigenvalue weighted by Crippen LogP contribution is -2.58. The lowest BCUT2D eigenvalue weighted by Gasteiger charge is -2.38. The number of hydrogen-bond donors (Lipinski definition) is 1. The molecule has 0 aromatic heterocycles. The fourth-order valence-electron chi connectivity index (χ4n) is 3.38. The molecule has 1 N–H and O–H groups in total. The second-order valence-electron chi connectivity index (χ2n) is 6.52. The summed E-state index contributed by atoms with van der Waals surface area (Å²) in [6.45, 7) is 3.05. The molecule has 2 aliphatic rings. The van der Waals surface area contributed by atoms with E-state index in [-0.39, 0.29) is 30.4 Å². The highest BCUT2D eigenvalue weighted by atomic mass is 35.5. The Balaban J connectivity index is 1.56. The molecule has 2 fully saturated rings. The number of fused-ring (bicyclic) bond motifs is 1. The zero-order valence-electron chi connectivity index (χ0n) is 14.2. The van der Waals surface area contributed by atoms with Crippen molar-refractivity contribution in [3.63, 3.8) is 0 Å². The molecular formula is C17H21ClN4O3. The number of hydrogen-bond acceptors (Lipinski definition) is 3. The van der Waals surface area contributed by atoms with Gasteiger partial charge < -0.3 is 20.0 Å². The van der Waals surface area contributed by atoms with E-state index in [1.807, 2.05) is 12.1 Å². The minimum absolute atomic E-state index is 0.00987. The Hall–Kier alpha value is -2.28. The fourth-order valence-corrected chi connectivity index (χ4v) is 3.50. The van der Waals surface area contributed by atoms with Gasteiger partial charge in [-0.05, 0) is 24.6 Å². The van der Waals surface area contributed by atoms with Crippen LogP contribution in [-0.2, 0) is 16.1 Å². The van der Waals surface area contributed by atoms with E-state index in [9.17, 15) is 14.4 Å². The zero-order chi connectivity index (χ0) is 18.1. The Labute approximate surface area is 151 Å². The summed E-state index contributed by atoms with van der Waals surface area (Å²) in [6, 6.07) is 6.41. The van der Waals surface area contributed by atoms with Crippen LogP contribution in [0.3, 0.4) is 0 Å². The number of amides is 4. The van der Waals surface area contributed by atoms with Gasteiger partial charge in [-0.1, -0.05) is 23.7 Å². The highest BCUT2D eigenvalue weighted by Gasteiger charge is 2.47. The molecule has 0 aliphatic carbocycles. The second kappa shape index (κ2) is 6.92. The Kier molecular flexibility index (Phi) is 4.85. The van der Waals surface area contributed by atoms with Crippen molar-refractivity contribution in [2.45, 2.75) is 25.6 Å². The fraction of sp³-hybridized carbons (Fsp3) is 0.471. The van der Waals surface area contributed by atoms with Crippen molar-refractivity contribution in [1.82, 2.24) is 20.0 Å². The minimum Gasteiger partial charge on any atom is -0.350 e. The molecule has 0 bridgehead atoms. The summed E-state index contributed by atoms with van der Waals surface area (Å²) in [7, 11) is 1.74. The van der Waals surface area contributed by atoms with Crippen LogP contribution in [0.5, 0.6) is 0 Å². The highest BCUT2D eigenvalue weighted by molar-refractivity contribution is 6.30. The standard InChI is InChI=1S/C17H21ClN4O3/c1-11-16(24)20(2)8-14-9-21(17(25)22(11)14)10-15(23)19-7-12-3-5-13(18)6-4-12/h3-6,11,14H,7-10H2,1-2H3,(H,19,23)/t11-,14-/m0/s1. The van der Waals surface area contributed by atoms with E-state index in [1.54, 1.807) is 35.9 Å². The van der Waals surface area contributed by atoms with Gasteiger partial charge in [-0.2, -0.15) is 0 Å². The van der Waals surface area contributed by atoms with Crippen LogP contribution in [0, 0.1) is 0 Å². The van der Waals surface area contributed by atoms with Gasteiger partial charge in [0, 0.05) is 31.7 Å². The van der Waals surface area contributed by atoms with E-state index in [4.69, 9.17) is 11.6 Å². The first-order chi connectivity index (χ1) is 11.9. The third kappa shape index (κ3) is 3.56. The van der Waals surface area contributed by atoms with Crippen molar-refractivity contribution in [3.8, 4) is 0 Å². The minimum atomic E-state index is -0.488. The maximum Gasteiger partial charge on any atom is 0.321 e. The lowest BCUT2D eigenvalue weighted by atomic mass is 10.1. The first-order valence-corrected chi connectivity index (χ1v) is 8.58. The molecule has 0 saturated carbocycles. The number of carbonyl (C=O) groups excluding carboxylic acids is 3. The van der Waals surface area contributed by atoms with Gasteiger partial charge in [-0.25, -0.2) is 4.79 Å². The SMILES string of the molecule is C[C@H]1C(=O)N(C)C[C@H]2CN(CC(=O)NCc3ccc(Cl)cc3)C(=O)N21. The van der Waals surface area contributed by atoms with E-state index in [2.05, 4.69) is 5.32 Å². The number of likely N-dealkylation sites (N-methyl/N-ethyl adjacent to an activating group) is 1. The van der Waals surface area contributed by atoms with Crippen LogP contribution in [0.15, 0.2) is 24.3 Å². The summed E-state index contributed by atoms with van der Waals surface area (Å²) in [6.07, 6.45) is 0. The van der Waals surface area contributed by atoms with Crippen molar-refractivity contribution in [2.24, 2.45) is 0 Å². The maximum absolute atomic E-state index is 12.5. The molecule has 4 amide bonds. The normalized spacial score (nSPS) is 23.1. The molecule has 134 valence electrons. The number of nitrogens with zero attached hydrogens (tertiary/aromatic N) is 3. The first-order valence-electron chi connectivity index (χ1n) is 8.20. The third-order valence-electron chi connectivity index (χ3n) is 4.69. The predicted octanol–water partition coefficient (Wildman–Crippen LogP) is 0.923. The van der Waals surface area contributed by atoms with E-state index in [0.29, 0.717) is 24.7 Å². The Morgan fingerprint density at radius 2 is 1.92 bits per heavy atom. The number of rotatable bonds is 4. The number of piperazine rings is 1. The average molecular weight is 365 g/mol. The summed E-state index contributed by atoms with van der Waals surface area (Å²) in [5, 5.41) is 3.45. The van der Waals surface area contributed by atoms with Crippen LogP contribution in [0.25, 0.3) is 0 Å². The van der Waals surface area contributed by atoms with E-state index < -0.39 is 6.04 Å². The van der Waals surface area contributed by atoms with Gasteiger partial charge in [0.1, 0.15) is 12.6 Å². The van der Waals surface area contributed by atoms with Crippen LogP contribution in [0.1, 0.15) is 12.5 Å². The molecule has 8 heteroatoms. The third-order valence-corrected chi connectivity index (χ3v) is 4.94. The van der Waals surface area contributed by atoms with Crippen LogP contribution >= 0.6 is 11.6 Å². The van der Waals surface area contributed by atoms with Gasteiger partial charge in [0.25, 0.3) is 0 Å². The van der Waals surface area contributed by atoms with E-state index in [1.165, 1.54) is 4.90 Å². The molecular weight excluding hydrogens is 344 g/mol. The van der Waals surface area contributed by atoms with Crippen molar-refractivity contribution in [1.29, 1.82) is 0 Å². The highest BCUT2D eigenvalue weighted by Crippen LogP contribution is 2.24. The molecule has 7 nitrogen and oxygen atoms in total. The van der Waals surface area contributed by atoms with Crippen LogP contribution in [0.2, 0.25) is 5.02 Å². The van der Waals surface area contributed by atoms with Gasteiger partial charge >= 0.3 is 6.03 Å². The van der Waals surface area contributed by atoms with Crippen LogP contribution < -0.4 is 5.32 Å². The van der Waals surface area contributed by atoms with E-state index in [0.717, 1.165) is 5.56 Å². The quantitative estimate of drug-likeness (QED) is 0.863. The number of carbonyl (C=O) groups is 3. The summed E-state index contributed by atoms with van der Waals surface area (Å²) >= 11 is 5.83. The number of halogens is 1. The Morgan fingerprint density at radius 3 is 2.60 bits per heavy atom. The number of urea groups is 1. The van der Waals surface area contributed by atoms with Crippen LogP contribution in [-0.4, -0.2) is 71.3 Å². The largest absolute Gasteiger partial charge is 0.350 e. The van der Waals surface area contributed by atoms with Crippen LogP contribution in [0.4, 0.5) is 4.79 Å². The lowest BCUT2D eigenvalue weighted by molar-refractivity contribution is -0.139. The monoisotopic (exact) mass is 364 g/mol. The molecule has 0 radical (unpaired) electrons. The first kappa shape index (κ1) is 17.5. The van der Waals surface area contributed by atoms with Gasteiger partial charge in [0.15, 0.2) is 0 Å². The number of benzene rings is 1. The predicted molar refractivity (Wildman–Crippen MR) is 93.0 cm³/mol. The summed E-state index contributed by atoms with van der Waals surface area (Å²) < 4.78 is 0. The van der Waals surface area contributed by atoms with Crippen molar-refractivity contribution < 1.29 is 14.4 Å². The molecule has 2 saturated heterocycles. The van der Waals surface area contributed by atoms with Crippen molar-refractivity contribution >= 4 is 29.4 Å². The van der Waals surface area contributed by atoms with E-state index >= 15 is 0 Å². The van der Waals surface area contributed by atoms with Gasteiger partial charge in [0.05, 0.1) is 6.04 Å². The summed E-state index contributed by atoms with van der Waals surface area (Å²) in [5.41, 5.74) is 0.934. The molecule has 2 aliphatic heterocycles. The zero-order valence-corrected chi connectivity index (χ0v) is 15.0. The molecule has 0 spiro atoms. The van der Waals surface area contributed by atoms with Gasteiger partial charge in [-0.15, -0.1) is 0 Å². The average Bonchev–Trinajstić information content (AvgIpc) is 2.88. The molecule has 3 rings (SSSR count). The topological polar surface area (TPSA) is 73.0 Å². The Morgan fingerprint density at radius 1 is 1.24 bits per heavy atom. The molecule has 2 heterocycles. The van der Waals surface area contributed by atoms with Gasteiger partial charge in [0.2, 0.25) is 11.8 Å². The van der Waals surface area contributed by atoms with Crippen molar-refractivity contribution in [2.75, 3.05) is 26.7 Å². The molecule has 2 atom stereocenters. The summed E-state index contributed by atoms with van der Waals surface area (Å²) in [4.78, 5) is 41.5. The molecule has 1 aromatic carbocycles. The van der Waals surface area contributed by atoms with Crippen molar-refractivity contribution in [3.05, 3.63) is 34.9 Å². The Bertz CT molecular complexity index is 694. The summed E-state index contributed by atoms with van der Waals surface area (Å²) in [5.74, 6) is -0.297. The second-order valence-corrected chi connectivity index (χ2v) is 6.96.